The molecule has 0 spiro atoms. The van der Waals surface area contributed by atoms with Gasteiger partial charge in [0.2, 0.25) is 5.91 Å². The van der Waals surface area contributed by atoms with Gasteiger partial charge < -0.3 is 0 Å². The van der Waals surface area contributed by atoms with Gasteiger partial charge >= 0.3 is 0 Å². The summed E-state index contributed by atoms with van der Waals surface area (Å²) in [5.74, 6) is -0.188. The summed E-state index contributed by atoms with van der Waals surface area (Å²) in [4.78, 5) is 10.8. The van der Waals surface area contributed by atoms with Crippen LogP contribution < -0.4 is 0 Å². The summed E-state index contributed by atoms with van der Waals surface area (Å²) in [5, 5.41) is 17.2. The van der Waals surface area contributed by atoms with Crippen molar-refractivity contribution in [3.8, 4) is 6.07 Å². The molecule has 1 rings (SSSR count). The maximum Gasteiger partial charge on any atom is 0.240 e. The maximum atomic E-state index is 10.8. The first-order chi connectivity index (χ1) is 7.13. The second-order valence-electron chi connectivity index (χ2n) is 2.89. The molecule has 0 aliphatic rings. The van der Waals surface area contributed by atoms with Crippen LogP contribution in [0.5, 0.6) is 0 Å². The van der Waals surface area contributed by atoms with Gasteiger partial charge in [-0.15, -0.1) is 5.11 Å². The van der Waals surface area contributed by atoms with Crippen LogP contribution in [0.3, 0.4) is 0 Å². The number of amides is 1. The molecule has 0 heterocycles. The average molecular weight is 202 g/mol. The Bertz CT molecular complexity index is 416. The molecule has 5 heteroatoms. The summed E-state index contributed by atoms with van der Waals surface area (Å²) in [5.41, 5.74) is 1.16. The first-order valence-corrected chi connectivity index (χ1v) is 4.29. The van der Waals surface area contributed by atoms with Crippen LogP contribution in [0.15, 0.2) is 34.6 Å². The number of carbonyl (C=O) groups excluding carboxylic acids is 1. The lowest BCUT2D eigenvalue weighted by atomic mass is 10.2. The van der Waals surface area contributed by atoms with Gasteiger partial charge in [-0.3, -0.25) is 4.79 Å². The molecule has 5 nitrogen and oxygen atoms in total. The van der Waals surface area contributed by atoms with E-state index in [1.165, 1.54) is 14.0 Å². The summed E-state index contributed by atoms with van der Waals surface area (Å²) in [7, 11) is 1.52. The fraction of sp³-hybridized carbons (Fsp3) is 0.200. The fourth-order valence-electron chi connectivity index (χ4n) is 0.784. The monoisotopic (exact) mass is 202 g/mol. The van der Waals surface area contributed by atoms with Gasteiger partial charge in [0.15, 0.2) is 0 Å². The van der Waals surface area contributed by atoms with E-state index in [2.05, 4.69) is 10.3 Å². The highest BCUT2D eigenvalue weighted by Crippen LogP contribution is 2.13. The fourth-order valence-corrected chi connectivity index (χ4v) is 0.784. The molecule has 1 amide bonds. The molecule has 0 N–H and O–H groups in total. The molecule has 1 aromatic carbocycles. The Morgan fingerprint density at radius 3 is 2.47 bits per heavy atom. The van der Waals surface area contributed by atoms with E-state index in [0.717, 1.165) is 5.01 Å². The smallest absolute Gasteiger partial charge is 0.240 e. The number of carbonyl (C=O) groups is 1. The van der Waals surface area contributed by atoms with Crippen molar-refractivity contribution in [3.05, 3.63) is 29.8 Å². The van der Waals surface area contributed by atoms with Gasteiger partial charge in [-0.1, -0.05) is 5.22 Å². The third kappa shape index (κ3) is 3.19. The molecular weight excluding hydrogens is 192 g/mol. The number of nitrogens with zero attached hydrogens (tertiary/aromatic N) is 4. The van der Waals surface area contributed by atoms with Gasteiger partial charge in [0.05, 0.1) is 17.3 Å². The van der Waals surface area contributed by atoms with E-state index in [-0.39, 0.29) is 5.91 Å². The van der Waals surface area contributed by atoms with Crippen LogP contribution in [-0.4, -0.2) is 18.0 Å². The van der Waals surface area contributed by atoms with Crippen LogP contribution in [0.4, 0.5) is 5.69 Å². The Kier molecular flexibility index (Phi) is 3.52. The lowest BCUT2D eigenvalue weighted by molar-refractivity contribution is -0.127. The summed E-state index contributed by atoms with van der Waals surface area (Å²) in [6.07, 6.45) is 0. The van der Waals surface area contributed by atoms with E-state index in [0.29, 0.717) is 11.3 Å². The van der Waals surface area contributed by atoms with Crippen LogP contribution >= 0.6 is 0 Å². The van der Waals surface area contributed by atoms with Crippen LogP contribution in [0.1, 0.15) is 12.5 Å². The summed E-state index contributed by atoms with van der Waals surface area (Å²) in [6.45, 7) is 1.40. The van der Waals surface area contributed by atoms with Crippen LogP contribution in [0.2, 0.25) is 0 Å². The number of hydrogen-bond donors (Lipinski definition) is 0. The zero-order valence-corrected chi connectivity index (χ0v) is 8.51. The predicted octanol–water partition coefficient (Wildman–Crippen LogP) is 2.04. The van der Waals surface area contributed by atoms with Crippen molar-refractivity contribution in [2.45, 2.75) is 6.92 Å². The second-order valence-corrected chi connectivity index (χ2v) is 2.89. The van der Waals surface area contributed by atoms with Crippen LogP contribution in [0.25, 0.3) is 0 Å². The number of nitriles is 1. The molecule has 0 bridgehead atoms. The predicted molar refractivity (Wildman–Crippen MR) is 54.1 cm³/mol. The first kappa shape index (κ1) is 10.9. The topological polar surface area (TPSA) is 68.8 Å². The third-order valence-corrected chi connectivity index (χ3v) is 1.75. The highest BCUT2D eigenvalue weighted by molar-refractivity contribution is 5.72. The third-order valence-electron chi connectivity index (χ3n) is 1.75. The van der Waals surface area contributed by atoms with Crippen molar-refractivity contribution < 1.29 is 4.79 Å². The normalized spacial score (nSPS) is 9.93. The Morgan fingerprint density at radius 2 is 2.00 bits per heavy atom. The van der Waals surface area contributed by atoms with Crippen molar-refractivity contribution in [3.63, 3.8) is 0 Å². The molecule has 0 saturated carbocycles. The number of hydrogen-bond acceptors (Lipinski definition) is 4. The molecule has 0 aliphatic carbocycles. The number of benzene rings is 1. The minimum atomic E-state index is -0.188. The summed E-state index contributed by atoms with van der Waals surface area (Å²) in [6, 6.07) is 8.61. The van der Waals surface area contributed by atoms with E-state index in [1.807, 2.05) is 6.07 Å². The van der Waals surface area contributed by atoms with E-state index in [1.54, 1.807) is 24.3 Å². The van der Waals surface area contributed by atoms with Gasteiger partial charge in [0.1, 0.15) is 0 Å². The Morgan fingerprint density at radius 1 is 1.40 bits per heavy atom. The average Bonchev–Trinajstić information content (AvgIpc) is 2.26. The second kappa shape index (κ2) is 4.86. The van der Waals surface area contributed by atoms with E-state index in [9.17, 15) is 4.79 Å². The molecule has 0 aliphatic heterocycles. The standard InChI is InChI=1S/C10H10N4O/c1-8(15)14(2)13-12-10-5-3-9(7-11)4-6-10/h3-6H,1-2H3. The quantitative estimate of drug-likeness (QED) is 0.543. The molecule has 0 radical (unpaired) electrons. The SMILES string of the molecule is CC(=O)N(C)N=Nc1ccc(C#N)cc1. The van der Waals surface area contributed by atoms with Crippen molar-refractivity contribution in [1.29, 1.82) is 5.26 Å². The molecule has 15 heavy (non-hydrogen) atoms. The maximum absolute atomic E-state index is 10.8. The van der Waals surface area contributed by atoms with Gasteiger partial charge in [0, 0.05) is 14.0 Å². The zero-order chi connectivity index (χ0) is 11.3. The van der Waals surface area contributed by atoms with Gasteiger partial charge in [-0.2, -0.15) is 5.26 Å². The molecule has 0 fully saturated rings. The van der Waals surface area contributed by atoms with Crippen molar-refractivity contribution in [2.75, 3.05) is 7.05 Å². The molecule has 0 atom stereocenters. The molecule has 76 valence electrons. The molecule has 0 saturated heterocycles. The van der Waals surface area contributed by atoms with Crippen LogP contribution in [0, 0.1) is 11.3 Å². The minimum Gasteiger partial charge on any atom is -0.273 e. The van der Waals surface area contributed by atoms with Crippen molar-refractivity contribution >= 4 is 11.6 Å². The largest absolute Gasteiger partial charge is 0.273 e. The molecule has 0 unspecified atom stereocenters. The van der Waals surface area contributed by atoms with Gasteiger partial charge in [0.25, 0.3) is 0 Å². The van der Waals surface area contributed by atoms with E-state index >= 15 is 0 Å². The lowest BCUT2D eigenvalue weighted by Crippen LogP contribution is -2.15. The Labute approximate surface area is 87.6 Å². The highest BCUT2D eigenvalue weighted by Gasteiger charge is 1.98. The van der Waals surface area contributed by atoms with Gasteiger partial charge in [-0.05, 0) is 24.3 Å². The van der Waals surface area contributed by atoms with Crippen molar-refractivity contribution in [2.24, 2.45) is 10.3 Å². The number of rotatable bonds is 2. The lowest BCUT2D eigenvalue weighted by Gasteiger charge is -2.03. The molecule has 0 aromatic heterocycles. The van der Waals surface area contributed by atoms with Crippen molar-refractivity contribution in [1.82, 2.24) is 5.01 Å². The molecular formula is C10H10N4O. The summed E-state index contributed by atoms with van der Waals surface area (Å²) < 4.78 is 0. The zero-order valence-electron chi connectivity index (χ0n) is 8.51. The highest BCUT2D eigenvalue weighted by atomic mass is 16.2. The Balaban J connectivity index is 2.74. The van der Waals surface area contributed by atoms with Gasteiger partial charge in [-0.25, -0.2) is 5.01 Å². The van der Waals surface area contributed by atoms with E-state index < -0.39 is 0 Å². The van der Waals surface area contributed by atoms with E-state index in [4.69, 9.17) is 5.26 Å². The van der Waals surface area contributed by atoms with Crippen LogP contribution in [-0.2, 0) is 4.79 Å². The summed E-state index contributed by atoms with van der Waals surface area (Å²) >= 11 is 0. The first-order valence-electron chi connectivity index (χ1n) is 4.29. The Hall–Kier alpha value is -2.22. The minimum absolute atomic E-state index is 0.188. The molecule has 1 aromatic rings.